The summed E-state index contributed by atoms with van der Waals surface area (Å²) in [7, 11) is 0. The van der Waals surface area contributed by atoms with Crippen LogP contribution in [-0.4, -0.2) is 16.9 Å². The number of primary amides is 1. The summed E-state index contributed by atoms with van der Waals surface area (Å²) in [6, 6.07) is 19.8. The molecule has 0 saturated heterocycles. The van der Waals surface area contributed by atoms with Crippen LogP contribution in [0.1, 0.15) is 16.8 Å². The monoisotopic (exact) mass is 390 g/mol. The first-order valence-corrected chi connectivity index (χ1v) is 9.13. The Hall–Kier alpha value is -3.87. The van der Waals surface area contributed by atoms with E-state index in [1.165, 1.54) is 0 Å². The third-order valence-electron chi connectivity index (χ3n) is 4.12. The molecule has 0 radical (unpaired) electrons. The summed E-state index contributed by atoms with van der Waals surface area (Å²) >= 11 is 0. The van der Waals surface area contributed by atoms with Gasteiger partial charge in [-0.2, -0.15) is 0 Å². The molecule has 0 saturated carbocycles. The first kappa shape index (κ1) is 19.9. The van der Waals surface area contributed by atoms with Crippen molar-refractivity contribution in [2.24, 2.45) is 5.73 Å². The number of pyridine rings is 1. The Labute approximate surface area is 168 Å². The van der Waals surface area contributed by atoms with Crippen LogP contribution in [0.15, 0.2) is 72.9 Å². The number of nitrogens with zero attached hydrogens (tertiary/aromatic N) is 1. The third-order valence-corrected chi connectivity index (χ3v) is 4.12. The highest BCUT2D eigenvalue weighted by Crippen LogP contribution is 2.16. The maximum Gasteiger partial charge on any atom is 0.319 e. The molecule has 0 spiro atoms. The number of hydrogen-bond donors (Lipinski definition) is 3. The summed E-state index contributed by atoms with van der Waals surface area (Å²) in [5, 5.41) is 5.53. The number of hydrogen-bond acceptors (Lipinski definition) is 4. The summed E-state index contributed by atoms with van der Waals surface area (Å²) in [6.07, 6.45) is 1.79. The second kappa shape index (κ2) is 9.89. The topological polar surface area (TPSA) is 106 Å². The molecule has 0 aliphatic carbocycles. The Balaban J connectivity index is 1.48. The van der Waals surface area contributed by atoms with Gasteiger partial charge in [0.15, 0.2) is 0 Å². The van der Waals surface area contributed by atoms with Gasteiger partial charge in [0.1, 0.15) is 12.4 Å². The molecule has 4 N–H and O–H groups in total. The van der Waals surface area contributed by atoms with E-state index in [2.05, 4.69) is 15.6 Å². The van der Waals surface area contributed by atoms with E-state index >= 15 is 0 Å². The van der Waals surface area contributed by atoms with Crippen LogP contribution in [0.3, 0.4) is 0 Å². The number of ether oxygens (including phenoxy) is 1. The fourth-order valence-corrected chi connectivity index (χ4v) is 2.68. The minimum absolute atomic E-state index is 0.0659. The van der Waals surface area contributed by atoms with Crippen molar-refractivity contribution in [3.8, 4) is 5.75 Å². The Morgan fingerprint density at radius 3 is 2.45 bits per heavy atom. The number of aromatic nitrogens is 1. The van der Waals surface area contributed by atoms with E-state index in [-0.39, 0.29) is 12.5 Å². The highest BCUT2D eigenvalue weighted by Gasteiger charge is 2.08. The highest BCUT2D eigenvalue weighted by molar-refractivity contribution is 5.91. The van der Waals surface area contributed by atoms with E-state index < -0.39 is 5.91 Å². The van der Waals surface area contributed by atoms with E-state index in [4.69, 9.17) is 10.5 Å². The maximum atomic E-state index is 12.2. The predicted octanol–water partition coefficient (Wildman–Crippen LogP) is 3.01. The van der Waals surface area contributed by atoms with Gasteiger partial charge >= 0.3 is 6.03 Å². The van der Waals surface area contributed by atoms with Crippen LogP contribution in [0.2, 0.25) is 0 Å². The van der Waals surface area contributed by atoms with Crippen LogP contribution in [-0.2, 0) is 24.4 Å². The molecule has 0 fully saturated rings. The number of carbonyl (C=O) groups is 2. The average molecular weight is 390 g/mol. The smallest absolute Gasteiger partial charge is 0.319 e. The van der Waals surface area contributed by atoms with Gasteiger partial charge in [0.05, 0.1) is 12.1 Å². The molecule has 29 heavy (non-hydrogen) atoms. The summed E-state index contributed by atoms with van der Waals surface area (Å²) in [4.78, 5) is 27.5. The number of amides is 3. The number of anilines is 1. The van der Waals surface area contributed by atoms with Gasteiger partial charge in [-0.25, -0.2) is 4.79 Å². The summed E-state index contributed by atoms with van der Waals surface area (Å²) in [5.74, 6) is 0.272. The van der Waals surface area contributed by atoms with Crippen molar-refractivity contribution < 1.29 is 14.3 Å². The van der Waals surface area contributed by atoms with Gasteiger partial charge in [-0.15, -0.1) is 0 Å². The largest absolute Gasteiger partial charge is 0.487 e. The number of nitrogens with two attached hydrogens (primary N) is 1. The molecule has 2 aromatic carbocycles. The van der Waals surface area contributed by atoms with Crippen molar-refractivity contribution in [3.05, 3.63) is 89.7 Å². The quantitative estimate of drug-likeness (QED) is 0.550. The van der Waals surface area contributed by atoms with Gasteiger partial charge in [0, 0.05) is 18.4 Å². The van der Waals surface area contributed by atoms with Gasteiger partial charge in [-0.3, -0.25) is 9.78 Å². The van der Waals surface area contributed by atoms with Crippen molar-refractivity contribution in [2.75, 3.05) is 5.32 Å². The van der Waals surface area contributed by atoms with Gasteiger partial charge in [-0.05, 0) is 41.5 Å². The second-order valence-corrected chi connectivity index (χ2v) is 6.36. The van der Waals surface area contributed by atoms with Crippen molar-refractivity contribution in [2.45, 2.75) is 19.6 Å². The molecule has 0 bridgehead atoms. The van der Waals surface area contributed by atoms with Crippen LogP contribution in [0.25, 0.3) is 0 Å². The van der Waals surface area contributed by atoms with Gasteiger partial charge in [-0.1, -0.05) is 36.4 Å². The summed E-state index contributed by atoms with van der Waals surface area (Å²) in [6.45, 7) is 0.746. The maximum absolute atomic E-state index is 12.2. The SMILES string of the molecule is NC(=O)Cc1ccccc1NC(=O)NCc1ccc(OCc2ccccn2)cc1. The van der Waals surface area contributed by atoms with Gasteiger partial charge in [0.25, 0.3) is 0 Å². The molecule has 0 aliphatic rings. The zero-order valence-corrected chi connectivity index (χ0v) is 15.8. The van der Waals surface area contributed by atoms with Crippen LogP contribution in [0, 0.1) is 0 Å². The van der Waals surface area contributed by atoms with Gasteiger partial charge in [0.2, 0.25) is 5.91 Å². The Morgan fingerprint density at radius 2 is 1.72 bits per heavy atom. The lowest BCUT2D eigenvalue weighted by Gasteiger charge is -2.11. The number of carbonyl (C=O) groups excluding carboxylic acids is 2. The highest BCUT2D eigenvalue weighted by atomic mass is 16.5. The van der Waals surface area contributed by atoms with Crippen LogP contribution in [0.4, 0.5) is 10.5 Å². The molecule has 3 aromatic rings. The number of benzene rings is 2. The molecule has 0 atom stereocenters. The minimum atomic E-state index is -0.454. The number of nitrogens with one attached hydrogen (secondary N) is 2. The first-order chi connectivity index (χ1) is 14.1. The lowest BCUT2D eigenvalue weighted by Crippen LogP contribution is -2.29. The lowest BCUT2D eigenvalue weighted by molar-refractivity contribution is -0.117. The fourth-order valence-electron chi connectivity index (χ4n) is 2.68. The summed E-state index contributed by atoms with van der Waals surface area (Å²) in [5.41, 5.74) is 8.25. The minimum Gasteiger partial charge on any atom is -0.487 e. The molecule has 0 aliphatic heterocycles. The average Bonchev–Trinajstić information content (AvgIpc) is 2.73. The normalized spacial score (nSPS) is 10.2. The molecular weight excluding hydrogens is 368 g/mol. The lowest BCUT2D eigenvalue weighted by atomic mass is 10.1. The standard InChI is InChI=1S/C22H22N4O3/c23-21(27)13-17-5-1-2-7-20(17)26-22(28)25-14-16-8-10-19(11-9-16)29-15-18-6-3-4-12-24-18/h1-12H,13-15H2,(H2,23,27)(H2,25,26,28). The molecular formula is C22H22N4O3. The Kier molecular flexibility index (Phi) is 6.78. The van der Waals surface area contributed by atoms with E-state index in [0.717, 1.165) is 17.0 Å². The van der Waals surface area contributed by atoms with Crippen LogP contribution in [0.5, 0.6) is 5.75 Å². The first-order valence-electron chi connectivity index (χ1n) is 9.13. The third kappa shape index (κ3) is 6.35. The Morgan fingerprint density at radius 1 is 0.966 bits per heavy atom. The predicted molar refractivity (Wildman–Crippen MR) is 110 cm³/mol. The zero-order valence-electron chi connectivity index (χ0n) is 15.8. The molecule has 0 unspecified atom stereocenters. The number of para-hydroxylation sites is 1. The number of rotatable bonds is 8. The van der Waals surface area contributed by atoms with E-state index in [0.29, 0.717) is 24.4 Å². The molecule has 7 nitrogen and oxygen atoms in total. The Bertz CT molecular complexity index is 959. The molecule has 3 rings (SSSR count). The fraction of sp³-hybridized carbons (Fsp3) is 0.136. The van der Waals surface area contributed by atoms with Crippen LogP contribution < -0.4 is 21.1 Å². The number of urea groups is 1. The van der Waals surface area contributed by atoms with Crippen molar-refractivity contribution in [1.29, 1.82) is 0 Å². The summed E-state index contributed by atoms with van der Waals surface area (Å²) < 4.78 is 5.70. The molecule has 1 aromatic heterocycles. The molecule has 7 heteroatoms. The van der Waals surface area contributed by atoms with Crippen molar-refractivity contribution in [3.63, 3.8) is 0 Å². The second-order valence-electron chi connectivity index (χ2n) is 6.36. The molecule has 148 valence electrons. The van der Waals surface area contributed by atoms with E-state index in [1.807, 2.05) is 42.5 Å². The van der Waals surface area contributed by atoms with E-state index in [1.54, 1.807) is 30.5 Å². The van der Waals surface area contributed by atoms with E-state index in [9.17, 15) is 9.59 Å². The zero-order chi connectivity index (χ0) is 20.5. The van der Waals surface area contributed by atoms with Crippen molar-refractivity contribution in [1.82, 2.24) is 10.3 Å². The van der Waals surface area contributed by atoms with Crippen molar-refractivity contribution >= 4 is 17.6 Å². The van der Waals surface area contributed by atoms with Gasteiger partial charge < -0.3 is 21.1 Å². The molecule has 1 heterocycles. The molecule has 3 amide bonds. The van der Waals surface area contributed by atoms with Crippen LogP contribution >= 0.6 is 0 Å².